The SMILES string of the molecule is CC(C)(C)OC(=O)N1CC=C(c2c(C3CC3)[nH]c3nnc(CCCCn4cc(C(=O)NCc5cccc(OC(F)(F)F)c5)nn4)cc23)CC1. The van der Waals surface area contributed by atoms with Crippen molar-refractivity contribution in [2.24, 2.45) is 0 Å². The van der Waals surface area contributed by atoms with E-state index in [9.17, 15) is 22.8 Å². The van der Waals surface area contributed by atoms with Gasteiger partial charge in [0.15, 0.2) is 11.3 Å². The summed E-state index contributed by atoms with van der Waals surface area (Å²) >= 11 is 0. The fourth-order valence-corrected chi connectivity index (χ4v) is 5.80. The van der Waals surface area contributed by atoms with Gasteiger partial charge in [-0.05, 0) is 94.5 Å². The fraction of sp³-hybridized carbons (Fsp3) is 0.471. The molecule has 0 atom stereocenters. The van der Waals surface area contributed by atoms with Gasteiger partial charge in [-0.1, -0.05) is 23.4 Å². The van der Waals surface area contributed by atoms with Crippen LogP contribution in [0.25, 0.3) is 16.6 Å². The predicted molar refractivity (Wildman–Crippen MR) is 174 cm³/mol. The number of benzene rings is 1. The highest BCUT2D eigenvalue weighted by atomic mass is 19.4. The second kappa shape index (κ2) is 13.9. The van der Waals surface area contributed by atoms with Gasteiger partial charge in [-0.3, -0.25) is 9.48 Å². The minimum atomic E-state index is -4.80. The highest BCUT2D eigenvalue weighted by Crippen LogP contribution is 2.46. The molecular formula is C34H39F3N8O4. The van der Waals surface area contributed by atoms with Gasteiger partial charge in [0.05, 0.1) is 11.9 Å². The highest BCUT2D eigenvalue weighted by Gasteiger charge is 2.33. The van der Waals surface area contributed by atoms with E-state index in [1.54, 1.807) is 15.6 Å². The molecule has 0 radical (unpaired) electrons. The first-order chi connectivity index (χ1) is 23.3. The molecule has 0 bridgehead atoms. The maximum atomic E-state index is 12.6. The number of hydrogen-bond donors (Lipinski definition) is 2. The van der Waals surface area contributed by atoms with E-state index in [1.807, 2.05) is 20.8 Å². The van der Waals surface area contributed by atoms with Crippen molar-refractivity contribution in [1.29, 1.82) is 0 Å². The van der Waals surface area contributed by atoms with Crippen LogP contribution in [-0.2, 0) is 24.2 Å². The smallest absolute Gasteiger partial charge is 0.444 e. The van der Waals surface area contributed by atoms with Crippen molar-refractivity contribution in [3.05, 3.63) is 70.8 Å². The number of halogens is 3. The number of nitrogens with one attached hydrogen (secondary N) is 2. The Bertz CT molecular complexity index is 1860. The van der Waals surface area contributed by atoms with Crippen molar-refractivity contribution < 1.29 is 32.2 Å². The maximum Gasteiger partial charge on any atom is 0.573 e. The van der Waals surface area contributed by atoms with Crippen molar-refractivity contribution in [3.63, 3.8) is 0 Å². The summed E-state index contributed by atoms with van der Waals surface area (Å²) in [5.74, 6) is -0.367. The van der Waals surface area contributed by atoms with Gasteiger partial charge in [-0.15, -0.1) is 23.4 Å². The molecule has 12 nitrogen and oxygen atoms in total. The third-order valence-electron chi connectivity index (χ3n) is 8.23. The number of hydrogen-bond acceptors (Lipinski definition) is 8. The van der Waals surface area contributed by atoms with Crippen LogP contribution in [0.2, 0.25) is 0 Å². The fourth-order valence-electron chi connectivity index (χ4n) is 5.80. The van der Waals surface area contributed by atoms with Gasteiger partial charge in [0.25, 0.3) is 5.91 Å². The lowest BCUT2D eigenvalue weighted by Gasteiger charge is -2.29. The van der Waals surface area contributed by atoms with Crippen LogP contribution in [-0.4, -0.2) is 72.1 Å². The molecule has 1 saturated carbocycles. The van der Waals surface area contributed by atoms with Crippen molar-refractivity contribution in [3.8, 4) is 5.75 Å². The molecule has 0 spiro atoms. The minimum Gasteiger partial charge on any atom is -0.444 e. The van der Waals surface area contributed by atoms with E-state index in [0.717, 1.165) is 48.8 Å². The lowest BCUT2D eigenvalue weighted by molar-refractivity contribution is -0.274. The second-order valence-electron chi connectivity index (χ2n) is 13.4. The molecule has 2 amide bonds. The molecule has 1 aliphatic carbocycles. The summed E-state index contributed by atoms with van der Waals surface area (Å²) < 4.78 is 48.6. The molecule has 6 rings (SSSR count). The molecule has 15 heteroatoms. The van der Waals surface area contributed by atoms with Crippen LogP contribution in [0.15, 0.2) is 42.6 Å². The number of unbranched alkanes of at least 4 members (excludes halogenated alkanes) is 1. The number of ether oxygens (including phenoxy) is 2. The molecule has 49 heavy (non-hydrogen) atoms. The van der Waals surface area contributed by atoms with Crippen molar-refractivity contribution in [2.75, 3.05) is 13.1 Å². The molecule has 0 unspecified atom stereocenters. The molecule has 4 aromatic rings. The van der Waals surface area contributed by atoms with Gasteiger partial charge in [0.1, 0.15) is 11.4 Å². The third kappa shape index (κ3) is 8.95. The van der Waals surface area contributed by atoms with E-state index < -0.39 is 17.9 Å². The van der Waals surface area contributed by atoms with Gasteiger partial charge in [0, 0.05) is 42.8 Å². The number of carbonyl (C=O) groups excluding carboxylic acids is 2. The van der Waals surface area contributed by atoms with Crippen LogP contribution in [0.5, 0.6) is 5.75 Å². The first-order valence-electron chi connectivity index (χ1n) is 16.4. The molecule has 2 aliphatic rings. The number of amides is 2. The monoisotopic (exact) mass is 680 g/mol. The van der Waals surface area contributed by atoms with E-state index in [1.165, 1.54) is 41.2 Å². The Labute approximate surface area is 281 Å². The van der Waals surface area contributed by atoms with Gasteiger partial charge in [-0.2, -0.15) is 5.10 Å². The highest BCUT2D eigenvalue weighted by molar-refractivity contribution is 5.93. The molecule has 4 heterocycles. The average Bonchev–Trinajstić information content (AvgIpc) is 3.65. The summed E-state index contributed by atoms with van der Waals surface area (Å²) in [5, 5.41) is 20.7. The van der Waals surface area contributed by atoms with Crippen LogP contribution in [0, 0.1) is 0 Å². The van der Waals surface area contributed by atoms with E-state index in [4.69, 9.17) is 4.74 Å². The summed E-state index contributed by atoms with van der Waals surface area (Å²) in [7, 11) is 0. The summed E-state index contributed by atoms with van der Waals surface area (Å²) in [6.07, 6.45) is 3.84. The zero-order valence-electron chi connectivity index (χ0n) is 27.6. The lowest BCUT2D eigenvalue weighted by atomic mass is 9.95. The first-order valence-corrected chi connectivity index (χ1v) is 16.4. The number of fused-ring (bicyclic) bond motifs is 1. The number of aromatic amines is 1. The lowest BCUT2D eigenvalue weighted by Crippen LogP contribution is -2.39. The van der Waals surface area contributed by atoms with Crippen molar-refractivity contribution in [2.45, 2.75) is 90.3 Å². The Morgan fingerprint density at radius 2 is 1.90 bits per heavy atom. The van der Waals surface area contributed by atoms with Crippen molar-refractivity contribution in [1.82, 2.24) is 40.4 Å². The summed E-state index contributed by atoms with van der Waals surface area (Å²) in [6, 6.07) is 7.52. The Balaban J connectivity index is 1.03. The molecule has 1 fully saturated rings. The van der Waals surface area contributed by atoms with Crippen LogP contribution < -0.4 is 10.1 Å². The van der Waals surface area contributed by atoms with E-state index >= 15 is 0 Å². The number of alkyl halides is 3. The second-order valence-corrected chi connectivity index (χ2v) is 13.4. The molecular weight excluding hydrogens is 641 g/mol. The summed E-state index contributed by atoms with van der Waals surface area (Å²) in [5.41, 5.74) is 5.26. The largest absolute Gasteiger partial charge is 0.573 e. The molecule has 1 aliphatic heterocycles. The van der Waals surface area contributed by atoms with E-state index in [2.05, 4.69) is 47.7 Å². The first kappa shape index (κ1) is 33.9. The van der Waals surface area contributed by atoms with E-state index in [-0.39, 0.29) is 24.1 Å². The van der Waals surface area contributed by atoms with E-state index in [0.29, 0.717) is 37.5 Å². The van der Waals surface area contributed by atoms with Gasteiger partial charge >= 0.3 is 12.5 Å². The number of aryl methyl sites for hydroxylation is 2. The number of aromatic nitrogens is 6. The molecule has 1 aromatic carbocycles. The quantitative estimate of drug-likeness (QED) is 0.176. The zero-order chi connectivity index (χ0) is 34.8. The number of carbonyl (C=O) groups is 2. The average molecular weight is 681 g/mol. The van der Waals surface area contributed by atoms with Gasteiger partial charge in [-0.25, -0.2) is 4.79 Å². The summed E-state index contributed by atoms with van der Waals surface area (Å²) in [6.45, 7) is 7.22. The van der Waals surface area contributed by atoms with Crippen molar-refractivity contribution >= 4 is 28.6 Å². The normalized spacial score (nSPS) is 15.3. The van der Waals surface area contributed by atoms with Crippen LogP contribution >= 0.6 is 0 Å². The Morgan fingerprint density at radius 3 is 2.61 bits per heavy atom. The molecule has 3 aromatic heterocycles. The van der Waals surface area contributed by atoms with Crippen LogP contribution in [0.3, 0.4) is 0 Å². The Hall–Kier alpha value is -4.95. The minimum absolute atomic E-state index is 0.00104. The summed E-state index contributed by atoms with van der Waals surface area (Å²) in [4.78, 5) is 30.4. The number of nitrogens with zero attached hydrogens (tertiary/aromatic N) is 6. The molecule has 2 N–H and O–H groups in total. The number of rotatable bonds is 11. The predicted octanol–water partition coefficient (Wildman–Crippen LogP) is 6.30. The van der Waals surface area contributed by atoms with Crippen LogP contribution in [0.1, 0.15) is 91.8 Å². The maximum absolute atomic E-state index is 12.6. The molecule has 260 valence electrons. The topological polar surface area (TPSA) is 140 Å². The molecule has 0 saturated heterocycles. The Kier molecular flexibility index (Phi) is 9.61. The third-order valence-corrected chi connectivity index (χ3v) is 8.23. The Morgan fingerprint density at radius 1 is 1.08 bits per heavy atom. The standard InChI is InChI=1S/C34H39F3N8O4/c1-33(2,3)49-32(47)44-15-12-22(13-16-44)28-26-18-24(40-42-30(26)39-29(28)23-10-11-23)8-4-5-14-45-20-27(41-43-45)31(46)38-19-21-7-6-9-25(17-21)48-34(35,36)37/h6-7,9,12,17-18,20,23H,4-5,8,10-11,13-16,19H2,1-3H3,(H,38,46)(H,39,42). The van der Waals surface area contributed by atoms with Gasteiger partial charge in [0.2, 0.25) is 0 Å². The zero-order valence-corrected chi connectivity index (χ0v) is 27.6. The number of H-pyrrole nitrogens is 1. The van der Waals surface area contributed by atoms with Gasteiger partial charge < -0.3 is 24.7 Å². The van der Waals surface area contributed by atoms with Crippen LogP contribution in [0.4, 0.5) is 18.0 Å².